The van der Waals surface area contributed by atoms with Crippen LogP contribution in [-0.2, 0) is 4.79 Å². The van der Waals surface area contributed by atoms with Crippen molar-refractivity contribution in [1.29, 1.82) is 0 Å². The molecule has 0 saturated heterocycles. The molecule has 0 aliphatic rings. The molecule has 0 spiro atoms. The molecule has 0 aliphatic carbocycles. The maximum absolute atomic E-state index is 12.2. The van der Waals surface area contributed by atoms with Gasteiger partial charge in [-0.3, -0.25) is 14.9 Å². The minimum Gasteiger partial charge on any atom is -0.497 e. The van der Waals surface area contributed by atoms with Gasteiger partial charge in [-0.2, -0.15) is 0 Å². The highest BCUT2D eigenvalue weighted by molar-refractivity contribution is 7.80. The maximum Gasteiger partial charge on any atom is 0.257 e. The first-order chi connectivity index (χ1) is 12.5. The van der Waals surface area contributed by atoms with Crippen LogP contribution in [0.4, 0.5) is 11.4 Å². The quantitative estimate of drug-likeness (QED) is 0.677. The number of methoxy groups -OCH3 is 1. The zero-order valence-electron chi connectivity index (χ0n) is 14.7. The Balaban J connectivity index is 1.94. The highest BCUT2D eigenvalue weighted by Gasteiger charge is 2.09. The van der Waals surface area contributed by atoms with Crippen molar-refractivity contribution in [3.8, 4) is 5.75 Å². The van der Waals surface area contributed by atoms with E-state index in [-0.39, 0.29) is 16.9 Å². The predicted octanol–water partition coefficient (Wildman–Crippen LogP) is 3.56. The Morgan fingerprint density at radius 2 is 1.69 bits per heavy atom. The fourth-order valence-electron chi connectivity index (χ4n) is 2.21. The fourth-order valence-corrected chi connectivity index (χ4v) is 2.42. The molecule has 136 valence electrons. The van der Waals surface area contributed by atoms with Crippen molar-refractivity contribution in [3.05, 3.63) is 54.1 Å². The Bertz CT molecular complexity index is 791. The summed E-state index contributed by atoms with van der Waals surface area (Å²) in [5.74, 6) is 0.307. The molecule has 2 amide bonds. The van der Waals surface area contributed by atoms with E-state index < -0.39 is 0 Å². The molecule has 2 aromatic rings. The molecule has 0 aliphatic heterocycles. The van der Waals surface area contributed by atoms with Gasteiger partial charge in [-0.05, 0) is 61.1 Å². The molecule has 0 fully saturated rings. The summed E-state index contributed by atoms with van der Waals surface area (Å²) in [6, 6.07) is 13.8. The molecule has 0 unspecified atom stereocenters. The normalized spacial score (nSPS) is 9.92. The van der Waals surface area contributed by atoms with Crippen LogP contribution in [0.2, 0.25) is 0 Å². The largest absolute Gasteiger partial charge is 0.497 e. The zero-order valence-corrected chi connectivity index (χ0v) is 15.5. The van der Waals surface area contributed by atoms with Gasteiger partial charge in [-0.25, -0.2) is 0 Å². The standard InChI is InChI=1S/C19H21N3O3S/c1-3-5-17(23)20-14-6-4-7-15(12-14)21-19(26)22-18(24)13-8-10-16(25-2)11-9-13/h4,6-12H,3,5H2,1-2H3,(H,20,23)(H2,21,22,24,26). The first-order valence-corrected chi connectivity index (χ1v) is 8.59. The molecule has 6 nitrogen and oxygen atoms in total. The van der Waals surface area contributed by atoms with Crippen LogP contribution in [0.15, 0.2) is 48.5 Å². The van der Waals surface area contributed by atoms with Gasteiger partial charge in [0.1, 0.15) is 5.75 Å². The molecular formula is C19H21N3O3S. The number of ether oxygens (including phenoxy) is 1. The number of rotatable bonds is 6. The van der Waals surface area contributed by atoms with Gasteiger partial charge in [-0.15, -0.1) is 0 Å². The van der Waals surface area contributed by atoms with E-state index in [9.17, 15) is 9.59 Å². The smallest absolute Gasteiger partial charge is 0.257 e. The Morgan fingerprint density at radius 1 is 1.04 bits per heavy atom. The van der Waals surface area contributed by atoms with Crippen LogP contribution in [0.5, 0.6) is 5.75 Å². The number of amides is 2. The summed E-state index contributed by atoms with van der Waals surface area (Å²) in [5.41, 5.74) is 1.80. The second-order valence-corrected chi connectivity index (χ2v) is 5.92. The molecule has 0 atom stereocenters. The summed E-state index contributed by atoms with van der Waals surface area (Å²) in [6.07, 6.45) is 1.25. The summed E-state index contributed by atoms with van der Waals surface area (Å²) in [7, 11) is 1.56. The number of nitrogens with one attached hydrogen (secondary N) is 3. The average Bonchev–Trinajstić information content (AvgIpc) is 2.62. The summed E-state index contributed by atoms with van der Waals surface area (Å²) in [6.45, 7) is 1.95. The summed E-state index contributed by atoms with van der Waals surface area (Å²) in [4.78, 5) is 23.9. The molecular weight excluding hydrogens is 350 g/mol. The molecule has 2 rings (SSSR count). The molecule has 2 aromatic carbocycles. The van der Waals surface area contributed by atoms with E-state index in [0.717, 1.165) is 6.42 Å². The van der Waals surface area contributed by atoms with Crippen molar-refractivity contribution in [1.82, 2.24) is 5.32 Å². The first kappa shape index (κ1) is 19.4. The minimum atomic E-state index is -0.322. The van der Waals surface area contributed by atoms with Gasteiger partial charge in [0.15, 0.2) is 5.11 Å². The highest BCUT2D eigenvalue weighted by Crippen LogP contribution is 2.16. The fraction of sp³-hybridized carbons (Fsp3) is 0.211. The van der Waals surface area contributed by atoms with Crippen LogP contribution in [0.3, 0.4) is 0 Å². The summed E-state index contributed by atoms with van der Waals surface area (Å²) < 4.78 is 5.06. The number of carbonyl (C=O) groups is 2. The maximum atomic E-state index is 12.2. The van der Waals surface area contributed by atoms with E-state index in [1.54, 1.807) is 55.6 Å². The van der Waals surface area contributed by atoms with Crippen molar-refractivity contribution in [2.75, 3.05) is 17.7 Å². The van der Waals surface area contributed by atoms with Gasteiger partial charge < -0.3 is 15.4 Å². The van der Waals surface area contributed by atoms with Crippen molar-refractivity contribution in [3.63, 3.8) is 0 Å². The third kappa shape index (κ3) is 5.86. The van der Waals surface area contributed by atoms with Crippen LogP contribution in [0, 0.1) is 0 Å². The van der Waals surface area contributed by atoms with Gasteiger partial charge >= 0.3 is 0 Å². The third-order valence-corrected chi connectivity index (χ3v) is 3.66. The number of hydrogen-bond acceptors (Lipinski definition) is 4. The first-order valence-electron chi connectivity index (χ1n) is 8.18. The molecule has 0 heterocycles. The van der Waals surface area contributed by atoms with Crippen LogP contribution >= 0.6 is 12.2 Å². The van der Waals surface area contributed by atoms with Crippen LogP contribution in [0.25, 0.3) is 0 Å². The Hall–Kier alpha value is -2.93. The van der Waals surface area contributed by atoms with Crippen molar-refractivity contribution in [2.45, 2.75) is 19.8 Å². The topological polar surface area (TPSA) is 79.5 Å². The van der Waals surface area contributed by atoms with E-state index in [0.29, 0.717) is 29.1 Å². The third-order valence-electron chi connectivity index (χ3n) is 3.46. The molecule has 0 radical (unpaired) electrons. The molecule has 26 heavy (non-hydrogen) atoms. The van der Waals surface area contributed by atoms with Crippen molar-refractivity contribution in [2.24, 2.45) is 0 Å². The van der Waals surface area contributed by atoms with E-state index >= 15 is 0 Å². The van der Waals surface area contributed by atoms with Crippen molar-refractivity contribution >= 4 is 40.5 Å². The summed E-state index contributed by atoms with van der Waals surface area (Å²) >= 11 is 5.18. The lowest BCUT2D eigenvalue weighted by Gasteiger charge is -2.11. The lowest BCUT2D eigenvalue weighted by atomic mass is 10.2. The number of anilines is 2. The number of hydrogen-bond donors (Lipinski definition) is 3. The van der Waals surface area contributed by atoms with Crippen LogP contribution in [0.1, 0.15) is 30.1 Å². The summed E-state index contributed by atoms with van der Waals surface area (Å²) in [5, 5.41) is 8.53. The molecule has 0 saturated carbocycles. The van der Waals surface area contributed by atoms with E-state index in [1.165, 1.54) is 0 Å². The minimum absolute atomic E-state index is 0.0416. The van der Waals surface area contributed by atoms with E-state index in [1.807, 2.05) is 6.92 Å². The van der Waals surface area contributed by atoms with E-state index in [2.05, 4.69) is 16.0 Å². The lowest BCUT2D eigenvalue weighted by Crippen LogP contribution is -2.34. The SMILES string of the molecule is CCCC(=O)Nc1cccc(NC(=S)NC(=O)c2ccc(OC)cc2)c1. The molecule has 0 bridgehead atoms. The Kier molecular flexibility index (Phi) is 7.11. The highest BCUT2D eigenvalue weighted by atomic mass is 32.1. The van der Waals surface area contributed by atoms with Gasteiger partial charge in [0, 0.05) is 23.4 Å². The zero-order chi connectivity index (χ0) is 18.9. The van der Waals surface area contributed by atoms with Gasteiger partial charge in [0.05, 0.1) is 7.11 Å². The molecule has 3 N–H and O–H groups in total. The lowest BCUT2D eigenvalue weighted by molar-refractivity contribution is -0.116. The number of thiocarbonyl (C=S) groups is 1. The van der Waals surface area contributed by atoms with Gasteiger partial charge in [-0.1, -0.05) is 13.0 Å². The monoisotopic (exact) mass is 371 g/mol. The molecule has 7 heteroatoms. The second kappa shape index (κ2) is 9.53. The van der Waals surface area contributed by atoms with Crippen LogP contribution < -0.4 is 20.7 Å². The van der Waals surface area contributed by atoms with Crippen molar-refractivity contribution < 1.29 is 14.3 Å². The number of benzene rings is 2. The second-order valence-electron chi connectivity index (χ2n) is 5.52. The Labute approximate surface area is 157 Å². The predicted molar refractivity (Wildman–Crippen MR) is 107 cm³/mol. The van der Waals surface area contributed by atoms with E-state index in [4.69, 9.17) is 17.0 Å². The number of carbonyl (C=O) groups excluding carboxylic acids is 2. The Morgan fingerprint density at radius 3 is 2.31 bits per heavy atom. The molecule has 0 aromatic heterocycles. The van der Waals surface area contributed by atoms with Crippen LogP contribution in [-0.4, -0.2) is 24.0 Å². The van der Waals surface area contributed by atoms with Gasteiger partial charge in [0.25, 0.3) is 5.91 Å². The van der Waals surface area contributed by atoms with Gasteiger partial charge in [0.2, 0.25) is 5.91 Å². The average molecular weight is 371 g/mol.